The maximum atomic E-state index is 11.9. The van der Waals surface area contributed by atoms with Gasteiger partial charge in [0.25, 0.3) is 0 Å². The molecule has 0 aromatic carbocycles. The lowest BCUT2D eigenvalue weighted by atomic mass is 9.99. The first kappa shape index (κ1) is 17.3. The van der Waals surface area contributed by atoms with Crippen molar-refractivity contribution in [3.8, 4) is 0 Å². The van der Waals surface area contributed by atoms with E-state index < -0.39 is 5.60 Å². The molecular formula is C16H32N2O2. The Morgan fingerprint density at radius 2 is 1.85 bits per heavy atom. The van der Waals surface area contributed by atoms with Gasteiger partial charge in [0.1, 0.15) is 5.60 Å². The Morgan fingerprint density at radius 1 is 1.25 bits per heavy atom. The molecule has 4 nitrogen and oxygen atoms in total. The number of rotatable bonds is 5. The van der Waals surface area contributed by atoms with Gasteiger partial charge in [0, 0.05) is 18.1 Å². The number of amides is 1. The minimum Gasteiger partial charge on any atom is -0.444 e. The fraction of sp³-hybridized carbons (Fsp3) is 0.938. The third-order valence-electron chi connectivity index (χ3n) is 3.89. The van der Waals surface area contributed by atoms with Crippen LogP contribution in [0.25, 0.3) is 0 Å². The number of alkyl carbamates (subject to hydrolysis) is 1. The second kappa shape index (κ2) is 7.30. The summed E-state index contributed by atoms with van der Waals surface area (Å²) in [6.07, 6.45) is 4.14. The van der Waals surface area contributed by atoms with Gasteiger partial charge in [0.05, 0.1) is 0 Å². The van der Waals surface area contributed by atoms with Crippen LogP contribution in [0.15, 0.2) is 0 Å². The third-order valence-corrected chi connectivity index (χ3v) is 3.89. The van der Waals surface area contributed by atoms with E-state index in [9.17, 15) is 4.79 Å². The zero-order valence-electron chi connectivity index (χ0n) is 14.0. The van der Waals surface area contributed by atoms with Crippen LogP contribution in [-0.4, -0.2) is 29.8 Å². The SMILES string of the molecule is CCC(NC1CCCC1NC(=O)OC(C)(C)C)C(C)C. The van der Waals surface area contributed by atoms with E-state index in [0.29, 0.717) is 18.0 Å². The van der Waals surface area contributed by atoms with Gasteiger partial charge >= 0.3 is 6.09 Å². The minimum absolute atomic E-state index is 0.192. The van der Waals surface area contributed by atoms with Crippen LogP contribution in [0.3, 0.4) is 0 Å². The lowest BCUT2D eigenvalue weighted by molar-refractivity contribution is 0.0496. The topological polar surface area (TPSA) is 50.4 Å². The van der Waals surface area contributed by atoms with E-state index in [0.717, 1.165) is 25.7 Å². The second-order valence-corrected chi connectivity index (χ2v) is 7.22. The van der Waals surface area contributed by atoms with E-state index in [4.69, 9.17) is 4.74 Å². The highest BCUT2D eigenvalue weighted by atomic mass is 16.6. The lowest BCUT2D eigenvalue weighted by Crippen LogP contribution is -2.51. The zero-order chi connectivity index (χ0) is 15.3. The van der Waals surface area contributed by atoms with Gasteiger partial charge in [0.2, 0.25) is 0 Å². The average molecular weight is 284 g/mol. The summed E-state index contributed by atoms with van der Waals surface area (Å²) >= 11 is 0. The molecule has 1 rings (SSSR count). The molecule has 0 saturated heterocycles. The first-order valence-corrected chi connectivity index (χ1v) is 7.98. The summed E-state index contributed by atoms with van der Waals surface area (Å²) in [5.41, 5.74) is -0.435. The van der Waals surface area contributed by atoms with Gasteiger partial charge in [-0.3, -0.25) is 0 Å². The highest BCUT2D eigenvalue weighted by molar-refractivity contribution is 5.68. The number of nitrogens with one attached hydrogen (secondary N) is 2. The molecule has 0 radical (unpaired) electrons. The monoisotopic (exact) mass is 284 g/mol. The standard InChI is InChI=1S/C16H32N2O2/c1-7-12(11(2)3)17-13-9-8-10-14(13)18-15(19)20-16(4,5)6/h11-14,17H,7-10H2,1-6H3,(H,18,19). The molecule has 20 heavy (non-hydrogen) atoms. The highest BCUT2D eigenvalue weighted by Gasteiger charge is 2.31. The van der Waals surface area contributed by atoms with E-state index in [1.165, 1.54) is 0 Å². The van der Waals surface area contributed by atoms with Crippen molar-refractivity contribution in [1.82, 2.24) is 10.6 Å². The van der Waals surface area contributed by atoms with Crippen LogP contribution >= 0.6 is 0 Å². The molecule has 0 bridgehead atoms. The largest absolute Gasteiger partial charge is 0.444 e. The van der Waals surface area contributed by atoms with Crippen LogP contribution in [0.2, 0.25) is 0 Å². The molecule has 1 saturated carbocycles. The zero-order valence-corrected chi connectivity index (χ0v) is 14.0. The Labute approximate surface area is 124 Å². The van der Waals surface area contributed by atoms with Crippen molar-refractivity contribution < 1.29 is 9.53 Å². The van der Waals surface area contributed by atoms with Crippen LogP contribution in [0, 0.1) is 5.92 Å². The Hall–Kier alpha value is -0.770. The molecule has 1 fully saturated rings. The lowest BCUT2D eigenvalue weighted by Gasteiger charge is -2.30. The number of ether oxygens (including phenoxy) is 1. The van der Waals surface area contributed by atoms with E-state index in [-0.39, 0.29) is 12.1 Å². The summed E-state index contributed by atoms with van der Waals surface area (Å²) in [6.45, 7) is 12.4. The van der Waals surface area contributed by atoms with Gasteiger partial charge in [-0.2, -0.15) is 0 Å². The molecule has 4 heteroatoms. The maximum absolute atomic E-state index is 11.9. The summed E-state index contributed by atoms with van der Waals surface area (Å²) in [7, 11) is 0. The summed E-state index contributed by atoms with van der Waals surface area (Å²) in [4.78, 5) is 11.9. The average Bonchev–Trinajstić information content (AvgIpc) is 2.70. The van der Waals surface area contributed by atoms with Crippen molar-refractivity contribution in [2.24, 2.45) is 5.92 Å². The quantitative estimate of drug-likeness (QED) is 0.813. The smallest absolute Gasteiger partial charge is 0.407 e. The van der Waals surface area contributed by atoms with Gasteiger partial charge in [-0.25, -0.2) is 4.79 Å². The predicted octanol–water partition coefficient (Wildman–Crippen LogP) is 3.46. The molecule has 0 aromatic heterocycles. The van der Waals surface area contributed by atoms with Crippen LogP contribution in [0.4, 0.5) is 4.79 Å². The predicted molar refractivity (Wildman–Crippen MR) is 82.8 cm³/mol. The number of hydrogen-bond donors (Lipinski definition) is 2. The fourth-order valence-corrected chi connectivity index (χ4v) is 2.85. The number of carbonyl (C=O) groups is 1. The number of hydrogen-bond acceptors (Lipinski definition) is 3. The molecule has 3 unspecified atom stereocenters. The minimum atomic E-state index is -0.435. The van der Waals surface area contributed by atoms with Crippen molar-refractivity contribution in [2.75, 3.05) is 0 Å². The number of carbonyl (C=O) groups excluding carboxylic acids is 1. The van der Waals surface area contributed by atoms with Crippen molar-refractivity contribution >= 4 is 6.09 Å². The van der Waals surface area contributed by atoms with Crippen LogP contribution in [-0.2, 0) is 4.74 Å². The van der Waals surface area contributed by atoms with Gasteiger partial charge in [-0.05, 0) is 52.4 Å². The van der Waals surface area contributed by atoms with Crippen LogP contribution in [0.5, 0.6) is 0 Å². The summed E-state index contributed by atoms with van der Waals surface area (Å²) < 4.78 is 5.35. The van der Waals surface area contributed by atoms with Crippen molar-refractivity contribution in [2.45, 2.75) is 91.0 Å². The van der Waals surface area contributed by atoms with Gasteiger partial charge in [0.15, 0.2) is 0 Å². The summed E-state index contributed by atoms with van der Waals surface area (Å²) in [5, 5.41) is 6.74. The molecule has 3 atom stereocenters. The molecule has 1 aliphatic rings. The molecule has 0 aromatic rings. The van der Waals surface area contributed by atoms with Crippen molar-refractivity contribution in [1.29, 1.82) is 0 Å². The van der Waals surface area contributed by atoms with E-state index in [2.05, 4.69) is 31.4 Å². The van der Waals surface area contributed by atoms with Crippen molar-refractivity contribution in [3.63, 3.8) is 0 Å². The van der Waals surface area contributed by atoms with Gasteiger partial charge in [-0.15, -0.1) is 0 Å². The molecule has 1 aliphatic carbocycles. The summed E-state index contributed by atoms with van der Waals surface area (Å²) in [6, 6.07) is 1.08. The Kier molecular flexibility index (Phi) is 6.31. The Morgan fingerprint density at radius 3 is 2.35 bits per heavy atom. The van der Waals surface area contributed by atoms with E-state index >= 15 is 0 Å². The van der Waals surface area contributed by atoms with Gasteiger partial charge in [-0.1, -0.05) is 20.8 Å². The molecule has 0 heterocycles. The van der Waals surface area contributed by atoms with Crippen LogP contribution < -0.4 is 10.6 Å². The Balaban J connectivity index is 2.50. The normalized spacial score (nSPS) is 24.8. The molecule has 118 valence electrons. The first-order valence-electron chi connectivity index (χ1n) is 7.98. The molecule has 1 amide bonds. The molecular weight excluding hydrogens is 252 g/mol. The van der Waals surface area contributed by atoms with Crippen molar-refractivity contribution in [3.05, 3.63) is 0 Å². The fourth-order valence-electron chi connectivity index (χ4n) is 2.85. The molecule has 0 aliphatic heterocycles. The molecule has 2 N–H and O–H groups in total. The Bertz CT molecular complexity index is 310. The van der Waals surface area contributed by atoms with Gasteiger partial charge < -0.3 is 15.4 Å². The highest BCUT2D eigenvalue weighted by Crippen LogP contribution is 2.22. The second-order valence-electron chi connectivity index (χ2n) is 7.22. The van der Waals surface area contributed by atoms with Crippen LogP contribution in [0.1, 0.15) is 67.2 Å². The first-order chi connectivity index (χ1) is 9.23. The maximum Gasteiger partial charge on any atom is 0.407 e. The summed E-state index contributed by atoms with van der Waals surface area (Å²) in [5.74, 6) is 0.614. The van der Waals surface area contributed by atoms with E-state index in [1.807, 2.05) is 20.8 Å². The molecule has 0 spiro atoms. The third kappa shape index (κ3) is 5.70. The van der Waals surface area contributed by atoms with E-state index in [1.54, 1.807) is 0 Å².